The van der Waals surface area contributed by atoms with Crippen molar-refractivity contribution in [3.8, 4) is 0 Å². The molecule has 1 aliphatic rings. The van der Waals surface area contributed by atoms with Gasteiger partial charge in [-0.15, -0.1) is 0 Å². The second-order valence-electron chi connectivity index (χ2n) is 3.86. The van der Waals surface area contributed by atoms with Crippen molar-refractivity contribution >= 4 is 5.91 Å². The van der Waals surface area contributed by atoms with Crippen LogP contribution in [0.2, 0.25) is 0 Å². The highest BCUT2D eigenvalue weighted by Crippen LogP contribution is 2.32. The largest absolute Gasteiger partial charge is 0.394 e. The number of nitrogens with one attached hydrogen (secondary N) is 1. The highest BCUT2D eigenvalue weighted by atomic mass is 16.3. The first-order chi connectivity index (χ1) is 6.13. The van der Waals surface area contributed by atoms with E-state index in [1.165, 1.54) is 0 Å². The predicted molar refractivity (Wildman–Crippen MR) is 50.0 cm³/mol. The van der Waals surface area contributed by atoms with E-state index in [-0.39, 0.29) is 24.6 Å². The number of aliphatic hydroxyl groups excluding tert-OH is 1. The monoisotopic (exact) mass is 186 g/mol. The van der Waals surface area contributed by atoms with Gasteiger partial charge in [-0.2, -0.15) is 0 Å². The smallest absolute Gasteiger partial charge is 0.221 e. The van der Waals surface area contributed by atoms with E-state index in [4.69, 9.17) is 10.8 Å². The molecule has 76 valence electrons. The van der Waals surface area contributed by atoms with Crippen molar-refractivity contribution in [1.82, 2.24) is 5.32 Å². The number of hydrogen-bond acceptors (Lipinski definition) is 3. The summed E-state index contributed by atoms with van der Waals surface area (Å²) in [7, 11) is 0. The molecule has 0 radical (unpaired) electrons. The number of aliphatic hydroxyl groups is 1. The van der Waals surface area contributed by atoms with Crippen LogP contribution in [0.4, 0.5) is 0 Å². The molecule has 1 amide bonds. The first kappa shape index (κ1) is 10.5. The number of rotatable bonds is 5. The molecule has 0 aromatic carbocycles. The van der Waals surface area contributed by atoms with Gasteiger partial charge in [0.2, 0.25) is 5.91 Å². The fraction of sp³-hybridized carbons (Fsp3) is 0.889. The Labute approximate surface area is 78.5 Å². The van der Waals surface area contributed by atoms with Gasteiger partial charge in [0.1, 0.15) is 0 Å². The van der Waals surface area contributed by atoms with E-state index in [2.05, 4.69) is 5.32 Å². The lowest BCUT2D eigenvalue weighted by Gasteiger charge is -2.13. The van der Waals surface area contributed by atoms with E-state index in [1.54, 1.807) is 6.92 Å². The summed E-state index contributed by atoms with van der Waals surface area (Å²) in [4.78, 5) is 11.3. The molecule has 4 heteroatoms. The highest BCUT2D eigenvalue weighted by Gasteiger charge is 2.29. The quantitative estimate of drug-likeness (QED) is 0.547. The summed E-state index contributed by atoms with van der Waals surface area (Å²) < 4.78 is 0. The standard InChI is InChI=1S/C9H18N2O2/c1-6(5-12)11-9(13)4-8(10)7-2-3-7/h6-8,12H,2-5,10H2,1H3,(H,11,13)/t6-,8?/m1/s1. The zero-order valence-corrected chi connectivity index (χ0v) is 7.99. The van der Waals surface area contributed by atoms with Crippen molar-refractivity contribution in [3.05, 3.63) is 0 Å². The van der Waals surface area contributed by atoms with Crippen LogP contribution in [0.25, 0.3) is 0 Å². The molecule has 4 nitrogen and oxygen atoms in total. The summed E-state index contributed by atoms with van der Waals surface area (Å²) >= 11 is 0. The van der Waals surface area contributed by atoms with Crippen LogP contribution in [0.1, 0.15) is 26.2 Å². The lowest BCUT2D eigenvalue weighted by atomic mass is 10.1. The van der Waals surface area contributed by atoms with Crippen LogP contribution >= 0.6 is 0 Å². The van der Waals surface area contributed by atoms with E-state index < -0.39 is 0 Å². The Morgan fingerprint density at radius 1 is 1.69 bits per heavy atom. The summed E-state index contributed by atoms with van der Waals surface area (Å²) in [6.07, 6.45) is 2.70. The Kier molecular flexibility index (Phi) is 3.69. The van der Waals surface area contributed by atoms with Crippen LogP contribution in [-0.2, 0) is 4.79 Å². The Hall–Kier alpha value is -0.610. The molecule has 0 heterocycles. The van der Waals surface area contributed by atoms with Crippen LogP contribution in [0.5, 0.6) is 0 Å². The van der Waals surface area contributed by atoms with Gasteiger partial charge in [0, 0.05) is 18.5 Å². The lowest BCUT2D eigenvalue weighted by molar-refractivity contribution is -0.122. The number of amides is 1. The molecular formula is C9H18N2O2. The van der Waals surface area contributed by atoms with Crippen LogP contribution < -0.4 is 11.1 Å². The molecule has 1 saturated carbocycles. The molecule has 0 aromatic heterocycles. The van der Waals surface area contributed by atoms with Crippen molar-refractivity contribution < 1.29 is 9.90 Å². The molecule has 0 spiro atoms. The zero-order valence-electron chi connectivity index (χ0n) is 7.99. The average Bonchev–Trinajstić information content (AvgIpc) is 2.85. The third-order valence-corrected chi connectivity index (χ3v) is 2.33. The molecule has 1 unspecified atom stereocenters. The van der Waals surface area contributed by atoms with Crippen LogP contribution in [0, 0.1) is 5.92 Å². The van der Waals surface area contributed by atoms with Crippen molar-refractivity contribution in [2.24, 2.45) is 11.7 Å². The Morgan fingerprint density at radius 3 is 2.77 bits per heavy atom. The highest BCUT2D eigenvalue weighted by molar-refractivity contribution is 5.76. The Bertz CT molecular complexity index is 180. The van der Waals surface area contributed by atoms with Gasteiger partial charge in [-0.25, -0.2) is 0 Å². The molecule has 4 N–H and O–H groups in total. The van der Waals surface area contributed by atoms with Gasteiger partial charge in [-0.1, -0.05) is 0 Å². The Morgan fingerprint density at radius 2 is 2.31 bits per heavy atom. The molecule has 0 saturated heterocycles. The molecule has 0 aromatic rings. The fourth-order valence-corrected chi connectivity index (χ4v) is 1.28. The third-order valence-electron chi connectivity index (χ3n) is 2.33. The maximum Gasteiger partial charge on any atom is 0.221 e. The lowest BCUT2D eigenvalue weighted by Crippen LogP contribution is -2.39. The number of carbonyl (C=O) groups is 1. The Balaban J connectivity index is 2.15. The second-order valence-corrected chi connectivity index (χ2v) is 3.86. The van der Waals surface area contributed by atoms with Gasteiger partial charge in [0.15, 0.2) is 0 Å². The first-order valence-electron chi connectivity index (χ1n) is 4.79. The second kappa shape index (κ2) is 4.58. The van der Waals surface area contributed by atoms with Gasteiger partial charge in [0.05, 0.1) is 6.61 Å². The summed E-state index contributed by atoms with van der Waals surface area (Å²) in [5, 5.41) is 11.4. The minimum absolute atomic E-state index is 0.00546. The average molecular weight is 186 g/mol. The minimum Gasteiger partial charge on any atom is -0.394 e. The van der Waals surface area contributed by atoms with Crippen molar-refractivity contribution in [2.75, 3.05) is 6.61 Å². The van der Waals surface area contributed by atoms with Gasteiger partial charge in [0.25, 0.3) is 0 Å². The normalized spacial score (nSPS) is 20.8. The molecule has 1 fully saturated rings. The van der Waals surface area contributed by atoms with E-state index in [1.807, 2.05) is 0 Å². The van der Waals surface area contributed by atoms with Gasteiger partial charge in [-0.3, -0.25) is 4.79 Å². The molecular weight excluding hydrogens is 168 g/mol. The molecule has 0 bridgehead atoms. The van der Waals surface area contributed by atoms with Crippen molar-refractivity contribution in [3.63, 3.8) is 0 Å². The van der Waals surface area contributed by atoms with E-state index >= 15 is 0 Å². The van der Waals surface area contributed by atoms with E-state index in [0.29, 0.717) is 12.3 Å². The summed E-state index contributed by atoms with van der Waals surface area (Å²) in [5.41, 5.74) is 5.77. The summed E-state index contributed by atoms with van der Waals surface area (Å²) in [6, 6.07) is -0.162. The molecule has 1 aliphatic carbocycles. The summed E-state index contributed by atoms with van der Waals surface area (Å²) in [5.74, 6) is 0.496. The third kappa shape index (κ3) is 3.74. The fourth-order valence-electron chi connectivity index (χ4n) is 1.28. The SMILES string of the molecule is C[C@H](CO)NC(=O)CC(N)C1CC1. The van der Waals surface area contributed by atoms with Crippen molar-refractivity contribution in [2.45, 2.75) is 38.3 Å². The van der Waals surface area contributed by atoms with Gasteiger partial charge >= 0.3 is 0 Å². The molecule has 2 atom stereocenters. The number of hydrogen-bond donors (Lipinski definition) is 3. The van der Waals surface area contributed by atoms with Crippen LogP contribution in [-0.4, -0.2) is 29.7 Å². The van der Waals surface area contributed by atoms with Crippen LogP contribution in [0.3, 0.4) is 0 Å². The zero-order chi connectivity index (χ0) is 9.84. The number of nitrogens with two attached hydrogens (primary N) is 1. The van der Waals surface area contributed by atoms with Gasteiger partial charge in [-0.05, 0) is 25.7 Å². The topological polar surface area (TPSA) is 75.3 Å². The maximum atomic E-state index is 11.3. The van der Waals surface area contributed by atoms with E-state index in [9.17, 15) is 4.79 Å². The van der Waals surface area contributed by atoms with Gasteiger partial charge < -0.3 is 16.2 Å². The first-order valence-corrected chi connectivity index (χ1v) is 4.79. The van der Waals surface area contributed by atoms with E-state index in [0.717, 1.165) is 12.8 Å². The molecule has 0 aliphatic heterocycles. The molecule has 1 rings (SSSR count). The van der Waals surface area contributed by atoms with Crippen molar-refractivity contribution in [1.29, 1.82) is 0 Å². The minimum atomic E-state index is -0.168. The van der Waals surface area contributed by atoms with Crippen LogP contribution in [0.15, 0.2) is 0 Å². The molecule has 13 heavy (non-hydrogen) atoms. The maximum absolute atomic E-state index is 11.3. The predicted octanol–water partition coefficient (Wildman–Crippen LogP) is -0.389. The number of carbonyl (C=O) groups excluding carboxylic acids is 1. The summed E-state index contributed by atoms with van der Waals surface area (Å²) in [6.45, 7) is 1.74.